The zero-order valence-electron chi connectivity index (χ0n) is 12.1. The van der Waals surface area contributed by atoms with Gasteiger partial charge in [0.25, 0.3) is 0 Å². The van der Waals surface area contributed by atoms with Gasteiger partial charge < -0.3 is 5.32 Å². The molecular weight excluding hydrogens is 218 g/mol. The Hall–Kier alpha value is -0.820. The molecule has 1 saturated carbocycles. The molecule has 0 heterocycles. The minimum absolute atomic E-state index is 0.259. The van der Waals surface area contributed by atoms with Crippen LogP contribution in [0.15, 0.2) is 30.3 Å². The number of nitrogens with one attached hydrogen (secondary N) is 1. The van der Waals surface area contributed by atoms with Crippen LogP contribution in [0.25, 0.3) is 0 Å². The Kier molecular flexibility index (Phi) is 4.11. The molecule has 1 aliphatic rings. The van der Waals surface area contributed by atoms with Crippen molar-refractivity contribution in [3.63, 3.8) is 0 Å². The molecule has 1 aromatic carbocycles. The first-order valence-corrected chi connectivity index (χ1v) is 7.28. The summed E-state index contributed by atoms with van der Waals surface area (Å²) in [6.07, 6.45) is 6.79. The van der Waals surface area contributed by atoms with E-state index in [0.29, 0.717) is 5.41 Å². The van der Waals surface area contributed by atoms with Gasteiger partial charge >= 0.3 is 0 Å². The molecule has 0 amide bonds. The largest absolute Gasteiger partial charge is 0.312 e. The van der Waals surface area contributed by atoms with Crippen LogP contribution in [0.2, 0.25) is 0 Å². The highest BCUT2D eigenvalue weighted by molar-refractivity contribution is 5.14. The lowest BCUT2D eigenvalue weighted by Gasteiger charge is -2.25. The summed E-state index contributed by atoms with van der Waals surface area (Å²) in [6.45, 7) is 7.97. The smallest absolute Gasteiger partial charge is 0.00967 e. The van der Waals surface area contributed by atoms with Crippen molar-refractivity contribution in [1.82, 2.24) is 5.32 Å². The van der Waals surface area contributed by atoms with Crippen molar-refractivity contribution in [2.24, 2.45) is 5.41 Å². The van der Waals surface area contributed by atoms with Crippen molar-refractivity contribution < 1.29 is 0 Å². The Morgan fingerprint density at radius 1 is 1.11 bits per heavy atom. The van der Waals surface area contributed by atoms with Gasteiger partial charge in [-0.2, -0.15) is 0 Å². The molecular formula is C17H27N. The van der Waals surface area contributed by atoms with E-state index >= 15 is 0 Å². The second-order valence-electron chi connectivity index (χ2n) is 6.94. The van der Waals surface area contributed by atoms with Crippen molar-refractivity contribution in [2.45, 2.75) is 58.4 Å². The standard InChI is InChI=1S/C17H27N/c1-16(2,3)18-14-17(12-13-17)11-7-10-15-8-5-4-6-9-15/h4-6,8-9,18H,7,10-14H2,1-3H3. The molecule has 0 radical (unpaired) electrons. The van der Waals surface area contributed by atoms with Gasteiger partial charge in [0.2, 0.25) is 0 Å². The monoisotopic (exact) mass is 245 g/mol. The molecule has 0 aliphatic heterocycles. The average molecular weight is 245 g/mol. The topological polar surface area (TPSA) is 12.0 Å². The van der Waals surface area contributed by atoms with E-state index in [9.17, 15) is 0 Å². The molecule has 0 saturated heterocycles. The van der Waals surface area contributed by atoms with Crippen LogP contribution < -0.4 is 5.32 Å². The maximum Gasteiger partial charge on any atom is 0.00967 e. The van der Waals surface area contributed by atoms with E-state index in [-0.39, 0.29) is 5.54 Å². The van der Waals surface area contributed by atoms with Gasteiger partial charge in [0.05, 0.1) is 0 Å². The van der Waals surface area contributed by atoms with E-state index in [4.69, 9.17) is 0 Å². The van der Waals surface area contributed by atoms with E-state index in [1.807, 2.05) is 0 Å². The lowest BCUT2D eigenvalue weighted by molar-refractivity contribution is 0.339. The third-order valence-corrected chi connectivity index (χ3v) is 3.97. The second-order valence-corrected chi connectivity index (χ2v) is 6.94. The Balaban J connectivity index is 1.70. The lowest BCUT2D eigenvalue weighted by atomic mass is 9.95. The zero-order chi connectivity index (χ0) is 13.1. The van der Waals surface area contributed by atoms with Crippen molar-refractivity contribution in [3.8, 4) is 0 Å². The highest BCUT2D eigenvalue weighted by Crippen LogP contribution is 2.49. The lowest BCUT2D eigenvalue weighted by Crippen LogP contribution is -2.39. The predicted octanol–water partition coefficient (Wildman–Crippen LogP) is 4.18. The second kappa shape index (κ2) is 5.44. The van der Waals surface area contributed by atoms with Crippen molar-refractivity contribution >= 4 is 0 Å². The Morgan fingerprint density at radius 2 is 1.78 bits per heavy atom. The number of rotatable bonds is 6. The molecule has 1 fully saturated rings. The predicted molar refractivity (Wildman–Crippen MR) is 78.8 cm³/mol. The quantitative estimate of drug-likeness (QED) is 0.793. The third kappa shape index (κ3) is 4.45. The van der Waals surface area contributed by atoms with E-state index in [2.05, 4.69) is 56.4 Å². The van der Waals surface area contributed by atoms with E-state index in [0.717, 1.165) is 0 Å². The van der Waals surface area contributed by atoms with Crippen LogP contribution in [0, 0.1) is 5.41 Å². The zero-order valence-corrected chi connectivity index (χ0v) is 12.1. The van der Waals surface area contributed by atoms with Crippen LogP contribution >= 0.6 is 0 Å². The normalized spacial score (nSPS) is 17.7. The molecule has 1 aromatic rings. The Labute approximate surface area is 112 Å². The van der Waals surface area contributed by atoms with Gasteiger partial charge in [-0.3, -0.25) is 0 Å². The minimum Gasteiger partial charge on any atom is -0.312 e. The van der Waals surface area contributed by atoms with Gasteiger partial charge in [0.15, 0.2) is 0 Å². The van der Waals surface area contributed by atoms with Gasteiger partial charge in [-0.25, -0.2) is 0 Å². The van der Waals surface area contributed by atoms with Crippen LogP contribution in [0.5, 0.6) is 0 Å². The SMILES string of the molecule is CC(C)(C)NCC1(CCCc2ccccc2)CC1. The van der Waals surface area contributed by atoms with E-state index in [1.165, 1.54) is 44.2 Å². The molecule has 2 rings (SSSR count). The van der Waals surface area contributed by atoms with E-state index in [1.54, 1.807) is 0 Å². The molecule has 1 N–H and O–H groups in total. The molecule has 1 nitrogen and oxygen atoms in total. The van der Waals surface area contributed by atoms with Crippen molar-refractivity contribution in [3.05, 3.63) is 35.9 Å². The highest BCUT2D eigenvalue weighted by atomic mass is 15.0. The summed E-state index contributed by atoms with van der Waals surface area (Å²) >= 11 is 0. The molecule has 0 aromatic heterocycles. The molecule has 0 spiro atoms. The van der Waals surface area contributed by atoms with Crippen LogP contribution in [0.1, 0.15) is 52.0 Å². The number of hydrogen-bond donors (Lipinski definition) is 1. The van der Waals surface area contributed by atoms with Crippen LogP contribution in [0.3, 0.4) is 0 Å². The maximum atomic E-state index is 3.67. The van der Waals surface area contributed by atoms with Crippen LogP contribution in [-0.2, 0) is 6.42 Å². The number of benzene rings is 1. The molecule has 100 valence electrons. The summed E-state index contributed by atoms with van der Waals surface area (Å²) in [5.74, 6) is 0. The third-order valence-electron chi connectivity index (χ3n) is 3.97. The van der Waals surface area contributed by atoms with Crippen LogP contribution in [0.4, 0.5) is 0 Å². The van der Waals surface area contributed by atoms with E-state index < -0.39 is 0 Å². The summed E-state index contributed by atoms with van der Waals surface area (Å²) in [6, 6.07) is 10.9. The fourth-order valence-electron chi connectivity index (χ4n) is 2.46. The van der Waals surface area contributed by atoms with Crippen LogP contribution in [-0.4, -0.2) is 12.1 Å². The Morgan fingerprint density at radius 3 is 2.33 bits per heavy atom. The summed E-state index contributed by atoms with van der Waals surface area (Å²) in [5, 5.41) is 3.67. The first kappa shape index (κ1) is 13.6. The molecule has 0 bridgehead atoms. The van der Waals surface area contributed by atoms with Gasteiger partial charge in [-0.1, -0.05) is 30.3 Å². The fraction of sp³-hybridized carbons (Fsp3) is 0.647. The van der Waals surface area contributed by atoms with Crippen molar-refractivity contribution in [1.29, 1.82) is 0 Å². The molecule has 1 heteroatoms. The fourth-order valence-corrected chi connectivity index (χ4v) is 2.46. The van der Waals surface area contributed by atoms with Gasteiger partial charge in [0.1, 0.15) is 0 Å². The molecule has 18 heavy (non-hydrogen) atoms. The molecule has 0 unspecified atom stereocenters. The first-order valence-electron chi connectivity index (χ1n) is 7.28. The molecule has 1 aliphatic carbocycles. The van der Waals surface area contributed by atoms with Gasteiger partial charge in [-0.15, -0.1) is 0 Å². The number of aryl methyl sites for hydroxylation is 1. The summed E-state index contributed by atoms with van der Waals surface area (Å²) < 4.78 is 0. The highest BCUT2D eigenvalue weighted by Gasteiger charge is 2.41. The Bertz CT molecular complexity index is 357. The maximum absolute atomic E-state index is 3.67. The molecule has 0 atom stereocenters. The summed E-state index contributed by atoms with van der Waals surface area (Å²) in [4.78, 5) is 0. The average Bonchev–Trinajstić information content (AvgIpc) is 3.08. The summed E-state index contributed by atoms with van der Waals surface area (Å²) in [7, 11) is 0. The van der Waals surface area contributed by atoms with Crippen molar-refractivity contribution in [2.75, 3.05) is 6.54 Å². The van der Waals surface area contributed by atoms with Gasteiger partial charge in [0, 0.05) is 12.1 Å². The van der Waals surface area contributed by atoms with Gasteiger partial charge in [-0.05, 0) is 63.9 Å². The summed E-state index contributed by atoms with van der Waals surface area (Å²) in [5.41, 5.74) is 2.37. The minimum atomic E-state index is 0.259. The number of hydrogen-bond acceptors (Lipinski definition) is 1. The first-order chi connectivity index (χ1) is 8.49.